The summed E-state index contributed by atoms with van der Waals surface area (Å²) in [5.74, 6) is 1.43. The molecule has 0 spiro atoms. The number of hydrazone groups is 1. The Hall–Kier alpha value is -1.88. The molecule has 1 saturated carbocycles. The number of benzene rings is 1. The topological polar surface area (TPSA) is 53.9 Å². The average molecular weight is 327 g/mol. The average Bonchev–Trinajstić information content (AvgIpc) is 3.30. The van der Waals surface area contributed by atoms with Crippen LogP contribution in [-0.2, 0) is 4.79 Å². The summed E-state index contributed by atoms with van der Waals surface area (Å²) in [5, 5.41) is 4.23. The molecule has 4 rings (SSSR count). The number of carbonyl (C=O) groups is 1. The molecule has 5 nitrogen and oxygen atoms in total. The number of carbonyl (C=O) groups excluding carboxylic acids is 1. The van der Waals surface area contributed by atoms with Gasteiger partial charge in [-0.15, -0.1) is 0 Å². The van der Waals surface area contributed by atoms with E-state index in [9.17, 15) is 4.79 Å². The molecule has 24 heavy (non-hydrogen) atoms. The zero-order chi connectivity index (χ0) is 16.5. The number of rotatable bonds is 6. The van der Waals surface area contributed by atoms with Crippen molar-refractivity contribution in [1.29, 1.82) is 0 Å². The van der Waals surface area contributed by atoms with Gasteiger partial charge in [0.2, 0.25) is 5.91 Å². The van der Waals surface area contributed by atoms with Crippen LogP contribution in [0.1, 0.15) is 37.7 Å². The summed E-state index contributed by atoms with van der Waals surface area (Å²) in [7, 11) is 2.22. The second-order valence-corrected chi connectivity index (χ2v) is 7.21. The van der Waals surface area contributed by atoms with Gasteiger partial charge in [0.05, 0.1) is 12.3 Å². The minimum Gasteiger partial charge on any atom is -0.494 e. The lowest BCUT2D eigenvalue weighted by Gasteiger charge is -2.19. The van der Waals surface area contributed by atoms with Crippen LogP contribution >= 0.6 is 0 Å². The molecule has 0 radical (unpaired) electrons. The molecule has 0 aromatic heterocycles. The van der Waals surface area contributed by atoms with E-state index >= 15 is 0 Å². The third-order valence-corrected chi connectivity index (χ3v) is 5.54. The summed E-state index contributed by atoms with van der Waals surface area (Å²) in [6.07, 6.45) is 5.90. The normalized spacial score (nSPS) is 29.0. The molecule has 2 aliphatic heterocycles. The third kappa shape index (κ3) is 3.18. The fourth-order valence-corrected chi connectivity index (χ4v) is 3.92. The number of likely N-dealkylation sites (tertiary alicyclic amines) is 1. The Morgan fingerprint density at radius 3 is 2.88 bits per heavy atom. The predicted octanol–water partition coefficient (Wildman–Crippen LogP) is 2.41. The quantitative estimate of drug-likeness (QED) is 0.817. The second kappa shape index (κ2) is 6.55. The number of nitrogens with one attached hydrogen (secondary N) is 1. The molecular weight excluding hydrogens is 302 g/mol. The van der Waals surface area contributed by atoms with Crippen molar-refractivity contribution in [2.45, 2.75) is 38.1 Å². The van der Waals surface area contributed by atoms with Crippen molar-refractivity contribution < 1.29 is 9.53 Å². The molecule has 3 unspecified atom stereocenters. The van der Waals surface area contributed by atoms with E-state index in [1.54, 1.807) is 0 Å². The van der Waals surface area contributed by atoms with E-state index in [0.29, 0.717) is 5.92 Å². The third-order valence-electron chi connectivity index (χ3n) is 5.54. The lowest BCUT2D eigenvalue weighted by atomic mass is 10.0. The van der Waals surface area contributed by atoms with Crippen molar-refractivity contribution in [1.82, 2.24) is 10.3 Å². The minimum atomic E-state index is 0.0663. The van der Waals surface area contributed by atoms with Gasteiger partial charge in [0.1, 0.15) is 5.75 Å². The summed E-state index contributed by atoms with van der Waals surface area (Å²) in [6.45, 7) is 2.00. The molecule has 5 heteroatoms. The smallest absolute Gasteiger partial charge is 0.243 e. The van der Waals surface area contributed by atoms with Crippen molar-refractivity contribution >= 4 is 11.6 Å². The van der Waals surface area contributed by atoms with E-state index in [4.69, 9.17) is 4.74 Å². The molecular formula is C19H25N3O2. The van der Waals surface area contributed by atoms with Crippen molar-refractivity contribution in [3.05, 3.63) is 29.8 Å². The van der Waals surface area contributed by atoms with Crippen LogP contribution in [0, 0.1) is 11.8 Å². The summed E-state index contributed by atoms with van der Waals surface area (Å²) in [4.78, 5) is 13.9. The Balaban J connectivity index is 1.26. The summed E-state index contributed by atoms with van der Waals surface area (Å²) < 4.78 is 5.87. The van der Waals surface area contributed by atoms with E-state index in [0.717, 1.165) is 42.5 Å². The van der Waals surface area contributed by atoms with Crippen molar-refractivity contribution in [2.24, 2.45) is 16.9 Å². The number of hydrogen-bond donors (Lipinski definition) is 1. The van der Waals surface area contributed by atoms with Gasteiger partial charge in [0, 0.05) is 17.9 Å². The monoisotopic (exact) mass is 327 g/mol. The zero-order valence-corrected chi connectivity index (χ0v) is 14.2. The highest BCUT2D eigenvalue weighted by Gasteiger charge is 2.49. The molecule has 1 amide bonds. The Morgan fingerprint density at radius 2 is 2.12 bits per heavy atom. The minimum absolute atomic E-state index is 0.0663. The first-order valence-corrected chi connectivity index (χ1v) is 9.03. The highest BCUT2D eigenvalue weighted by Crippen LogP contribution is 2.43. The van der Waals surface area contributed by atoms with Crippen LogP contribution in [0.3, 0.4) is 0 Å². The van der Waals surface area contributed by atoms with Crippen LogP contribution in [0.15, 0.2) is 29.4 Å². The van der Waals surface area contributed by atoms with E-state index in [-0.39, 0.29) is 11.8 Å². The Bertz CT molecular complexity index is 641. The van der Waals surface area contributed by atoms with Gasteiger partial charge in [-0.3, -0.25) is 4.79 Å². The van der Waals surface area contributed by atoms with Crippen LogP contribution in [0.25, 0.3) is 0 Å². The van der Waals surface area contributed by atoms with Crippen molar-refractivity contribution in [2.75, 3.05) is 20.2 Å². The second-order valence-electron chi connectivity index (χ2n) is 7.21. The molecule has 1 saturated heterocycles. The maximum Gasteiger partial charge on any atom is 0.243 e. The standard InChI is InChI=1S/C19H25N3O2/c1-22-10-2-4-14(22)5-3-11-24-15-8-6-13(7-9-15)18-16-12-17(16)19(23)21-20-18/h6-9,14,16-17H,2-5,10-12H2,1H3,(H,21,23). The SMILES string of the molecule is CN1CCCC1CCCOc1ccc(C2=NNC(=O)C3CC23)cc1. The fraction of sp³-hybridized carbons (Fsp3) is 0.579. The van der Waals surface area contributed by atoms with Crippen LogP contribution in [-0.4, -0.2) is 42.8 Å². The molecule has 2 fully saturated rings. The zero-order valence-electron chi connectivity index (χ0n) is 14.2. The Morgan fingerprint density at radius 1 is 1.29 bits per heavy atom. The van der Waals surface area contributed by atoms with E-state index < -0.39 is 0 Å². The van der Waals surface area contributed by atoms with Gasteiger partial charge in [-0.1, -0.05) is 0 Å². The first kappa shape index (κ1) is 15.6. The van der Waals surface area contributed by atoms with Crippen molar-refractivity contribution in [3.63, 3.8) is 0 Å². The highest BCUT2D eigenvalue weighted by molar-refractivity contribution is 6.09. The lowest BCUT2D eigenvalue weighted by molar-refractivity contribution is -0.122. The first-order chi connectivity index (χ1) is 11.7. The van der Waals surface area contributed by atoms with Gasteiger partial charge in [-0.2, -0.15) is 5.10 Å². The molecule has 1 N–H and O–H groups in total. The maximum absolute atomic E-state index is 11.5. The lowest BCUT2D eigenvalue weighted by Crippen LogP contribution is -2.28. The molecule has 1 aromatic carbocycles. The van der Waals surface area contributed by atoms with Crippen LogP contribution < -0.4 is 10.2 Å². The fourth-order valence-electron chi connectivity index (χ4n) is 3.92. The number of hydrogen-bond acceptors (Lipinski definition) is 4. The van der Waals surface area contributed by atoms with Gasteiger partial charge in [0.15, 0.2) is 0 Å². The molecule has 1 aromatic rings. The number of ether oxygens (including phenoxy) is 1. The molecule has 2 heterocycles. The van der Waals surface area contributed by atoms with Gasteiger partial charge >= 0.3 is 0 Å². The summed E-state index contributed by atoms with van der Waals surface area (Å²) in [6, 6.07) is 8.85. The van der Waals surface area contributed by atoms with E-state index in [1.165, 1.54) is 25.8 Å². The molecule has 0 bridgehead atoms. The number of amides is 1. The Kier molecular flexibility index (Phi) is 4.27. The summed E-state index contributed by atoms with van der Waals surface area (Å²) >= 11 is 0. The van der Waals surface area contributed by atoms with E-state index in [1.807, 2.05) is 24.3 Å². The van der Waals surface area contributed by atoms with Crippen LogP contribution in [0.4, 0.5) is 0 Å². The number of fused-ring (bicyclic) bond motifs is 1. The number of nitrogens with zero attached hydrogens (tertiary/aromatic N) is 2. The van der Waals surface area contributed by atoms with Gasteiger partial charge in [-0.05, 0) is 75.5 Å². The van der Waals surface area contributed by atoms with Gasteiger partial charge < -0.3 is 9.64 Å². The van der Waals surface area contributed by atoms with Crippen molar-refractivity contribution in [3.8, 4) is 5.75 Å². The largest absolute Gasteiger partial charge is 0.494 e. The van der Waals surface area contributed by atoms with Gasteiger partial charge in [0.25, 0.3) is 0 Å². The Labute approximate surface area is 143 Å². The molecule has 128 valence electrons. The predicted molar refractivity (Wildman–Crippen MR) is 93.1 cm³/mol. The van der Waals surface area contributed by atoms with Crippen LogP contribution in [0.5, 0.6) is 5.75 Å². The molecule has 3 aliphatic rings. The highest BCUT2D eigenvalue weighted by atomic mass is 16.5. The summed E-state index contributed by atoms with van der Waals surface area (Å²) in [5.41, 5.74) is 4.72. The van der Waals surface area contributed by atoms with Gasteiger partial charge in [-0.25, -0.2) is 5.43 Å². The molecule has 1 aliphatic carbocycles. The van der Waals surface area contributed by atoms with Crippen LogP contribution in [0.2, 0.25) is 0 Å². The van der Waals surface area contributed by atoms with E-state index in [2.05, 4.69) is 22.5 Å². The first-order valence-electron chi connectivity index (χ1n) is 9.03. The maximum atomic E-state index is 11.5. The molecule has 3 atom stereocenters.